The van der Waals surface area contributed by atoms with E-state index in [4.69, 9.17) is 32.5 Å². The Morgan fingerprint density at radius 3 is 2.55 bits per heavy atom. The number of ether oxygens (including phenoxy) is 2. The maximum absolute atomic E-state index is 13.0. The lowest BCUT2D eigenvalue weighted by atomic mass is 10.1. The summed E-state index contributed by atoms with van der Waals surface area (Å²) < 4.78 is 12.0. The molecule has 0 aliphatic rings. The lowest BCUT2D eigenvalue weighted by molar-refractivity contribution is 0.395. The lowest BCUT2D eigenvalue weighted by Gasteiger charge is -2.14. The minimum absolute atomic E-state index is 0.0738. The number of nitrogen functional groups attached to an aromatic ring is 1. The Morgan fingerprint density at radius 1 is 1.21 bits per heavy atom. The molecule has 2 aromatic heterocycles. The number of rotatable bonds is 6. The fourth-order valence-corrected chi connectivity index (χ4v) is 3.40. The largest absolute Gasteiger partial charge is 0.497 e. The molecule has 0 saturated carbocycles. The molecule has 4 N–H and O–H groups in total. The predicted octanol–water partition coefficient (Wildman–Crippen LogP) is 2.55. The van der Waals surface area contributed by atoms with E-state index in [-0.39, 0.29) is 27.8 Å². The number of benzene rings is 1. The van der Waals surface area contributed by atoms with Gasteiger partial charge >= 0.3 is 0 Å². The highest BCUT2D eigenvalue weighted by atomic mass is 35.5. The van der Waals surface area contributed by atoms with Crippen molar-refractivity contribution in [3.05, 3.63) is 51.3 Å². The van der Waals surface area contributed by atoms with Crippen LogP contribution in [0, 0.1) is 0 Å². The SMILES string of the molecule is CN=C/C(=C(/C)N)c1cnc(N)c(-c2cn(C)c(=O)c(-c3cc(OC)cc(OC)c3Cl)n2)n1. The van der Waals surface area contributed by atoms with Gasteiger partial charge < -0.3 is 25.5 Å². The van der Waals surface area contributed by atoms with Gasteiger partial charge in [0.2, 0.25) is 0 Å². The Balaban J connectivity index is 2.29. The maximum Gasteiger partial charge on any atom is 0.276 e. The normalized spacial score (nSPS) is 12.1. The Morgan fingerprint density at radius 2 is 1.94 bits per heavy atom. The Bertz CT molecular complexity index is 1330. The van der Waals surface area contributed by atoms with Gasteiger partial charge in [-0.15, -0.1) is 0 Å². The van der Waals surface area contributed by atoms with E-state index >= 15 is 0 Å². The molecule has 11 heteroatoms. The van der Waals surface area contributed by atoms with Crippen molar-refractivity contribution in [3.8, 4) is 34.1 Å². The molecule has 33 heavy (non-hydrogen) atoms. The molecule has 3 rings (SSSR count). The number of aromatic nitrogens is 4. The first-order chi connectivity index (χ1) is 15.7. The van der Waals surface area contributed by atoms with E-state index in [0.717, 1.165) is 0 Å². The van der Waals surface area contributed by atoms with Crippen LogP contribution in [0.3, 0.4) is 0 Å². The first-order valence-corrected chi connectivity index (χ1v) is 10.1. The zero-order chi connectivity index (χ0) is 24.3. The van der Waals surface area contributed by atoms with Crippen LogP contribution in [-0.4, -0.2) is 47.0 Å². The van der Waals surface area contributed by atoms with Crippen LogP contribution in [0.4, 0.5) is 5.82 Å². The minimum Gasteiger partial charge on any atom is -0.497 e. The molecule has 0 radical (unpaired) electrons. The highest BCUT2D eigenvalue weighted by molar-refractivity contribution is 6.34. The van der Waals surface area contributed by atoms with Crippen LogP contribution in [0.2, 0.25) is 5.02 Å². The number of aliphatic imine (C=N–C) groups is 1. The van der Waals surface area contributed by atoms with E-state index in [9.17, 15) is 4.79 Å². The molecular formula is C22H24ClN7O3. The Hall–Kier alpha value is -3.92. The fraction of sp³-hybridized carbons (Fsp3) is 0.227. The standard InChI is InChI=1S/C22H24ClN7O3/c1-11(24)14(8-26-2)15-9-27-21(25)20(28-15)16-10-30(3)22(31)19(29-16)13-6-12(32-4)7-17(33-5)18(13)23/h6-10H,24H2,1-5H3,(H2,25,27)/b14-11+,26-8?. The number of methoxy groups -OCH3 is 2. The Labute approximate surface area is 195 Å². The summed E-state index contributed by atoms with van der Waals surface area (Å²) in [4.78, 5) is 30.4. The molecule has 0 aliphatic carbocycles. The zero-order valence-corrected chi connectivity index (χ0v) is 19.6. The highest BCUT2D eigenvalue weighted by Gasteiger charge is 2.20. The Kier molecular flexibility index (Phi) is 6.98. The second-order valence-corrected chi connectivity index (χ2v) is 7.43. The topological polar surface area (TPSA) is 144 Å². The molecule has 0 spiro atoms. The summed E-state index contributed by atoms with van der Waals surface area (Å²) in [5.41, 5.74) is 14.3. The molecule has 0 aliphatic heterocycles. The first-order valence-electron chi connectivity index (χ1n) is 9.73. The van der Waals surface area contributed by atoms with Gasteiger partial charge in [0.25, 0.3) is 5.56 Å². The van der Waals surface area contributed by atoms with Gasteiger partial charge in [0.15, 0.2) is 5.82 Å². The average molecular weight is 470 g/mol. The molecule has 0 saturated heterocycles. The maximum atomic E-state index is 13.0. The van der Waals surface area contributed by atoms with Crippen molar-refractivity contribution in [2.75, 3.05) is 27.0 Å². The number of anilines is 1. The van der Waals surface area contributed by atoms with Crippen LogP contribution in [0.5, 0.6) is 11.5 Å². The van der Waals surface area contributed by atoms with Crippen molar-refractivity contribution in [2.45, 2.75) is 6.92 Å². The molecule has 3 aromatic rings. The summed E-state index contributed by atoms with van der Waals surface area (Å²) in [7, 11) is 6.19. The van der Waals surface area contributed by atoms with Crippen molar-refractivity contribution in [3.63, 3.8) is 0 Å². The van der Waals surface area contributed by atoms with Crippen molar-refractivity contribution in [1.82, 2.24) is 19.5 Å². The second kappa shape index (κ2) is 9.70. The second-order valence-electron chi connectivity index (χ2n) is 7.06. The van der Waals surface area contributed by atoms with Crippen LogP contribution in [0.15, 0.2) is 40.0 Å². The zero-order valence-electron chi connectivity index (χ0n) is 18.9. The van der Waals surface area contributed by atoms with Crippen molar-refractivity contribution in [1.29, 1.82) is 0 Å². The van der Waals surface area contributed by atoms with Crippen molar-refractivity contribution in [2.24, 2.45) is 17.8 Å². The van der Waals surface area contributed by atoms with Crippen LogP contribution in [0.25, 0.3) is 28.2 Å². The number of aryl methyl sites for hydroxylation is 1. The van der Waals surface area contributed by atoms with E-state index in [1.807, 2.05) is 0 Å². The molecule has 0 bridgehead atoms. The van der Waals surface area contributed by atoms with Crippen LogP contribution < -0.4 is 26.5 Å². The van der Waals surface area contributed by atoms with Gasteiger partial charge in [-0.1, -0.05) is 11.6 Å². The van der Waals surface area contributed by atoms with Gasteiger partial charge in [-0.25, -0.2) is 15.0 Å². The summed E-state index contributed by atoms with van der Waals surface area (Å²) in [5, 5.41) is 0.219. The third-order valence-corrected chi connectivity index (χ3v) is 5.19. The van der Waals surface area contributed by atoms with Gasteiger partial charge in [-0.3, -0.25) is 9.79 Å². The van der Waals surface area contributed by atoms with Crippen LogP contribution >= 0.6 is 11.6 Å². The van der Waals surface area contributed by atoms with Gasteiger partial charge in [0, 0.05) is 49.4 Å². The summed E-state index contributed by atoms with van der Waals surface area (Å²) in [6.07, 6.45) is 4.61. The van der Waals surface area contributed by atoms with Gasteiger partial charge in [-0.05, 0) is 13.0 Å². The fourth-order valence-electron chi connectivity index (χ4n) is 3.12. The third-order valence-electron chi connectivity index (χ3n) is 4.80. The predicted molar refractivity (Wildman–Crippen MR) is 130 cm³/mol. The molecule has 2 heterocycles. The number of allylic oxidation sites excluding steroid dienone is 2. The molecule has 0 amide bonds. The van der Waals surface area contributed by atoms with E-state index in [2.05, 4.69) is 19.9 Å². The number of halogens is 1. The molecule has 1 aromatic carbocycles. The van der Waals surface area contributed by atoms with E-state index in [1.54, 1.807) is 39.4 Å². The molecule has 172 valence electrons. The van der Waals surface area contributed by atoms with Gasteiger partial charge in [0.1, 0.15) is 28.6 Å². The first kappa shape index (κ1) is 23.7. The minimum atomic E-state index is -0.379. The van der Waals surface area contributed by atoms with Crippen molar-refractivity contribution < 1.29 is 9.47 Å². The third kappa shape index (κ3) is 4.65. The highest BCUT2D eigenvalue weighted by Crippen LogP contribution is 2.38. The van der Waals surface area contributed by atoms with Crippen molar-refractivity contribution >= 4 is 29.2 Å². The number of nitrogens with two attached hydrogens (primary N) is 2. The molecule has 0 atom stereocenters. The lowest BCUT2D eigenvalue weighted by Crippen LogP contribution is -2.21. The molecule has 0 unspecified atom stereocenters. The smallest absolute Gasteiger partial charge is 0.276 e. The van der Waals surface area contributed by atoms with E-state index < -0.39 is 0 Å². The van der Waals surface area contributed by atoms with Crippen LogP contribution in [0.1, 0.15) is 12.6 Å². The average Bonchev–Trinajstić information content (AvgIpc) is 2.80. The van der Waals surface area contributed by atoms with Gasteiger partial charge in [-0.2, -0.15) is 0 Å². The number of nitrogens with zero attached hydrogens (tertiary/aromatic N) is 5. The van der Waals surface area contributed by atoms with E-state index in [1.165, 1.54) is 31.2 Å². The monoisotopic (exact) mass is 469 g/mol. The van der Waals surface area contributed by atoms with Crippen LogP contribution in [-0.2, 0) is 7.05 Å². The summed E-state index contributed by atoms with van der Waals surface area (Å²) in [5.74, 6) is 0.926. The summed E-state index contributed by atoms with van der Waals surface area (Å²) in [6, 6.07) is 3.23. The quantitative estimate of drug-likeness (QED) is 0.524. The van der Waals surface area contributed by atoms with Gasteiger partial charge in [0.05, 0.1) is 31.1 Å². The molecule has 10 nitrogen and oxygen atoms in total. The number of hydrogen-bond donors (Lipinski definition) is 2. The molecular weight excluding hydrogens is 446 g/mol. The summed E-state index contributed by atoms with van der Waals surface area (Å²) >= 11 is 6.51. The molecule has 0 fully saturated rings. The van der Waals surface area contributed by atoms with E-state index in [0.29, 0.717) is 39.7 Å². The summed E-state index contributed by atoms with van der Waals surface area (Å²) in [6.45, 7) is 1.73. The number of hydrogen-bond acceptors (Lipinski definition) is 9.